The Balaban J connectivity index is 1.77. The van der Waals surface area contributed by atoms with Crippen molar-refractivity contribution in [1.82, 2.24) is 9.55 Å². The lowest BCUT2D eigenvalue weighted by Crippen LogP contribution is -2.50. The molecular formula is C27H25N3O3. The second-order valence-electron chi connectivity index (χ2n) is 8.21. The van der Waals surface area contributed by atoms with Crippen LogP contribution >= 0.6 is 0 Å². The second kappa shape index (κ2) is 8.54. The van der Waals surface area contributed by atoms with Crippen LogP contribution in [-0.4, -0.2) is 28.0 Å². The van der Waals surface area contributed by atoms with Gasteiger partial charge in [-0.15, -0.1) is 0 Å². The molecule has 6 nitrogen and oxygen atoms in total. The Bertz CT molecular complexity index is 1330. The summed E-state index contributed by atoms with van der Waals surface area (Å²) in [6.45, 7) is 4.28. The van der Waals surface area contributed by atoms with E-state index >= 15 is 0 Å². The average Bonchev–Trinajstić information content (AvgIpc) is 3.21. The molecule has 0 saturated carbocycles. The van der Waals surface area contributed by atoms with E-state index in [4.69, 9.17) is 9.72 Å². The Labute approximate surface area is 192 Å². The maximum atomic E-state index is 14.0. The van der Waals surface area contributed by atoms with E-state index in [2.05, 4.69) is 0 Å². The maximum absolute atomic E-state index is 14.0. The number of amides is 1. The van der Waals surface area contributed by atoms with Crippen molar-refractivity contribution in [3.05, 3.63) is 95.6 Å². The number of esters is 1. The number of nitrogens with zero attached hydrogens (tertiary/aromatic N) is 3. The largest absolute Gasteiger partial charge is 0.465 e. The molecule has 0 bridgehead atoms. The number of ether oxygens (including phenoxy) is 1. The summed E-state index contributed by atoms with van der Waals surface area (Å²) in [5.74, 6) is -1.29. The zero-order valence-electron chi connectivity index (χ0n) is 18.6. The van der Waals surface area contributed by atoms with Gasteiger partial charge in [0.1, 0.15) is 0 Å². The quantitative estimate of drug-likeness (QED) is 0.335. The topological polar surface area (TPSA) is 64.4 Å². The van der Waals surface area contributed by atoms with E-state index in [9.17, 15) is 9.59 Å². The van der Waals surface area contributed by atoms with Gasteiger partial charge in [-0.05, 0) is 42.7 Å². The zero-order valence-corrected chi connectivity index (χ0v) is 18.6. The number of para-hydroxylation sites is 2. The summed E-state index contributed by atoms with van der Waals surface area (Å²) in [4.78, 5) is 33.7. The first-order chi connectivity index (χ1) is 16.1. The minimum Gasteiger partial charge on any atom is -0.465 e. The molecule has 0 spiro atoms. The Hall–Kier alpha value is -3.93. The van der Waals surface area contributed by atoms with Crippen molar-refractivity contribution in [3.8, 4) is 0 Å². The summed E-state index contributed by atoms with van der Waals surface area (Å²) >= 11 is 0. The molecule has 0 aliphatic carbocycles. The van der Waals surface area contributed by atoms with Crippen molar-refractivity contribution in [1.29, 1.82) is 0 Å². The molecule has 1 aliphatic rings. The SMILES string of the molecule is CCOC(=O)[C@@H]1C(=O)N(Cc2ccccc2)c2nc3ccccc3n2[C@@H]1c1ccccc1C. The molecule has 5 rings (SSSR count). The highest BCUT2D eigenvalue weighted by atomic mass is 16.5. The summed E-state index contributed by atoms with van der Waals surface area (Å²) in [5.41, 5.74) is 4.53. The third-order valence-corrected chi connectivity index (χ3v) is 6.18. The molecule has 0 N–H and O–H groups in total. The molecule has 0 unspecified atom stereocenters. The van der Waals surface area contributed by atoms with Crippen LogP contribution in [0.15, 0.2) is 78.9 Å². The Morgan fingerprint density at radius 1 is 0.970 bits per heavy atom. The van der Waals surface area contributed by atoms with Gasteiger partial charge in [0.25, 0.3) is 0 Å². The molecule has 3 aromatic carbocycles. The van der Waals surface area contributed by atoms with Gasteiger partial charge in [0, 0.05) is 0 Å². The van der Waals surface area contributed by atoms with Crippen molar-refractivity contribution < 1.29 is 14.3 Å². The van der Waals surface area contributed by atoms with Crippen molar-refractivity contribution >= 4 is 28.9 Å². The van der Waals surface area contributed by atoms with Gasteiger partial charge in [0.15, 0.2) is 5.92 Å². The van der Waals surface area contributed by atoms with E-state index in [1.807, 2.05) is 90.4 Å². The lowest BCUT2D eigenvalue weighted by Gasteiger charge is -2.38. The van der Waals surface area contributed by atoms with Gasteiger partial charge in [-0.1, -0.05) is 66.7 Å². The van der Waals surface area contributed by atoms with Gasteiger partial charge in [-0.2, -0.15) is 0 Å². The molecule has 0 radical (unpaired) electrons. The lowest BCUT2D eigenvalue weighted by molar-refractivity contribution is -0.153. The van der Waals surface area contributed by atoms with Gasteiger partial charge in [-0.3, -0.25) is 14.5 Å². The van der Waals surface area contributed by atoms with E-state index in [0.29, 0.717) is 12.5 Å². The fourth-order valence-corrected chi connectivity index (χ4v) is 4.66. The number of hydrogen-bond acceptors (Lipinski definition) is 4. The van der Waals surface area contributed by atoms with E-state index in [0.717, 1.165) is 27.7 Å². The fraction of sp³-hybridized carbons (Fsp3) is 0.222. The minimum absolute atomic E-state index is 0.208. The molecule has 166 valence electrons. The monoisotopic (exact) mass is 439 g/mol. The van der Waals surface area contributed by atoms with Crippen LogP contribution in [0.5, 0.6) is 0 Å². The van der Waals surface area contributed by atoms with Gasteiger partial charge >= 0.3 is 5.97 Å². The first-order valence-corrected chi connectivity index (χ1v) is 11.1. The van der Waals surface area contributed by atoms with Crippen molar-refractivity contribution in [2.24, 2.45) is 5.92 Å². The third-order valence-electron chi connectivity index (χ3n) is 6.18. The molecule has 1 amide bonds. The predicted octanol–water partition coefficient (Wildman–Crippen LogP) is 4.66. The lowest BCUT2D eigenvalue weighted by atomic mass is 9.87. The van der Waals surface area contributed by atoms with E-state index in [1.165, 1.54) is 0 Å². The highest BCUT2D eigenvalue weighted by molar-refractivity contribution is 6.08. The maximum Gasteiger partial charge on any atom is 0.321 e. The molecule has 1 aliphatic heterocycles. The van der Waals surface area contributed by atoms with E-state index in [1.54, 1.807) is 11.8 Å². The highest BCUT2D eigenvalue weighted by Crippen LogP contribution is 2.42. The molecule has 0 saturated heterocycles. The second-order valence-corrected chi connectivity index (χ2v) is 8.21. The van der Waals surface area contributed by atoms with Crippen molar-refractivity contribution in [2.45, 2.75) is 26.4 Å². The molecule has 2 atom stereocenters. The Morgan fingerprint density at radius 2 is 1.67 bits per heavy atom. The molecule has 4 aromatic rings. The average molecular weight is 440 g/mol. The molecular weight excluding hydrogens is 414 g/mol. The number of carbonyl (C=O) groups excluding carboxylic acids is 2. The number of rotatable bonds is 5. The first kappa shape index (κ1) is 20.9. The van der Waals surface area contributed by atoms with Crippen molar-refractivity contribution in [2.75, 3.05) is 11.5 Å². The summed E-state index contributed by atoms with van der Waals surface area (Å²) in [7, 11) is 0. The normalized spacial score (nSPS) is 17.8. The summed E-state index contributed by atoms with van der Waals surface area (Å²) in [6.07, 6.45) is 0. The molecule has 6 heteroatoms. The van der Waals surface area contributed by atoms with Gasteiger partial charge in [0.05, 0.1) is 30.2 Å². The number of anilines is 1. The molecule has 0 fully saturated rings. The molecule has 33 heavy (non-hydrogen) atoms. The van der Waals surface area contributed by atoms with Crippen LogP contribution in [-0.2, 0) is 20.9 Å². The zero-order chi connectivity index (χ0) is 22.9. The highest BCUT2D eigenvalue weighted by Gasteiger charge is 2.48. The van der Waals surface area contributed by atoms with Gasteiger partial charge in [-0.25, -0.2) is 4.98 Å². The first-order valence-electron chi connectivity index (χ1n) is 11.1. The summed E-state index contributed by atoms with van der Waals surface area (Å²) in [5, 5.41) is 0. The minimum atomic E-state index is -1.01. The number of fused-ring (bicyclic) bond motifs is 3. The van der Waals surface area contributed by atoms with Crippen LogP contribution in [0.25, 0.3) is 11.0 Å². The predicted molar refractivity (Wildman–Crippen MR) is 127 cm³/mol. The van der Waals surface area contributed by atoms with Gasteiger partial charge in [0.2, 0.25) is 11.9 Å². The van der Waals surface area contributed by atoms with Crippen LogP contribution in [0.1, 0.15) is 29.7 Å². The fourth-order valence-electron chi connectivity index (χ4n) is 4.66. The standard InChI is InChI=1S/C27H25N3O3/c1-3-33-26(32)23-24(20-14-8-7-11-18(20)2)30-22-16-10-9-15-21(22)28-27(30)29(25(23)31)17-19-12-5-4-6-13-19/h4-16,23-24H,3,17H2,1-2H3/t23-,24+/m0/s1. The van der Waals surface area contributed by atoms with Crippen LogP contribution in [0.2, 0.25) is 0 Å². The third kappa shape index (κ3) is 3.57. The van der Waals surface area contributed by atoms with Crippen LogP contribution in [0.4, 0.5) is 5.95 Å². The Morgan fingerprint density at radius 3 is 2.42 bits per heavy atom. The summed E-state index contributed by atoms with van der Waals surface area (Å²) < 4.78 is 7.46. The number of aromatic nitrogens is 2. The number of imidazole rings is 1. The van der Waals surface area contributed by atoms with E-state index in [-0.39, 0.29) is 12.5 Å². The molecule has 1 aromatic heterocycles. The van der Waals surface area contributed by atoms with Gasteiger partial charge < -0.3 is 9.30 Å². The molecule has 2 heterocycles. The van der Waals surface area contributed by atoms with Crippen LogP contribution in [0.3, 0.4) is 0 Å². The van der Waals surface area contributed by atoms with Crippen LogP contribution < -0.4 is 4.90 Å². The number of carbonyl (C=O) groups is 2. The van der Waals surface area contributed by atoms with Crippen LogP contribution in [0, 0.1) is 12.8 Å². The number of benzene rings is 3. The van der Waals surface area contributed by atoms with E-state index < -0.39 is 17.9 Å². The van der Waals surface area contributed by atoms with Crippen molar-refractivity contribution in [3.63, 3.8) is 0 Å². The number of aryl methyl sites for hydroxylation is 1. The Kier molecular flexibility index (Phi) is 5.42. The summed E-state index contributed by atoms with van der Waals surface area (Å²) in [6, 6.07) is 24.8. The number of hydrogen-bond donors (Lipinski definition) is 0. The smallest absolute Gasteiger partial charge is 0.321 e.